The van der Waals surface area contributed by atoms with Gasteiger partial charge in [0.1, 0.15) is 0 Å². The highest BCUT2D eigenvalue weighted by Crippen LogP contribution is 2.47. The molecule has 0 bridgehead atoms. The maximum absolute atomic E-state index is 2.43. The average Bonchev–Trinajstić information content (AvgIpc) is 3.64. The highest BCUT2D eigenvalue weighted by Gasteiger charge is 2.18. The van der Waals surface area contributed by atoms with Crippen LogP contribution in [0.2, 0.25) is 0 Å². The van der Waals surface area contributed by atoms with Gasteiger partial charge >= 0.3 is 0 Å². The first-order chi connectivity index (χ1) is 19.8. The van der Waals surface area contributed by atoms with Gasteiger partial charge in [-0.15, -0.1) is 22.7 Å². The molecule has 0 nitrogen and oxygen atoms in total. The lowest BCUT2D eigenvalue weighted by Crippen LogP contribution is -1.91. The van der Waals surface area contributed by atoms with Gasteiger partial charge in [-0.3, -0.25) is 0 Å². The van der Waals surface area contributed by atoms with E-state index in [4.69, 9.17) is 0 Å². The van der Waals surface area contributed by atoms with Crippen LogP contribution in [-0.4, -0.2) is 0 Å². The molecule has 0 saturated heterocycles. The summed E-state index contributed by atoms with van der Waals surface area (Å²) in [6, 6.07) is 47.2. The normalized spacial score (nSPS) is 12.0. The van der Waals surface area contributed by atoms with Crippen molar-refractivity contribution in [2.45, 2.75) is 0 Å². The molecule has 0 radical (unpaired) electrons. The zero-order valence-corrected chi connectivity index (χ0v) is 23.2. The molecule has 7 aromatic carbocycles. The second-order valence-corrected chi connectivity index (χ2v) is 12.4. The van der Waals surface area contributed by atoms with E-state index in [1.54, 1.807) is 0 Å². The fourth-order valence-electron chi connectivity index (χ4n) is 6.59. The van der Waals surface area contributed by atoms with Gasteiger partial charge in [0.15, 0.2) is 0 Å². The molecule has 0 spiro atoms. The van der Waals surface area contributed by atoms with Crippen molar-refractivity contribution in [3.05, 3.63) is 133 Å². The summed E-state index contributed by atoms with van der Waals surface area (Å²) in [5.74, 6) is 0. The molecule has 0 aliphatic heterocycles. The monoisotopic (exact) mass is 542 g/mol. The second kappa shape index (κ2) is 8.50. The van der Waals surface area contributed by atoms with E-state index >= 15 is 0 Å². The van der Waals surface area contributed by atoms with Crippen molar-refractivity contribution in [1.82, 2.24) is 0 Å². The number of hydrogen-bond donors (Lipinski definition) is 0. The molecule has 0 amide bonds. The third-order valence-corrected chi connectivity index (χ3v) is 10.6. The summed E-state index contributed by atoms with van der Waals surface area (Å²) in [5.41, 5.74) is 5.19. The van der Waals surface area contributed by atoms with E-state index in [-0.39, 0.29) is 0 Å². The van der Waals surface area contributed by atoms with Gasteiger partial charge < -0.3 is 0 Å². The molecular weight excluding hydrogens is 521 g/mol. The molecule has 2 heterocycles. The molecule has 186 valence electrons. The molecule has 9 aromatic rings. The van der Waals surface area contributed by atoms with E-state index in [0.29, 0.717) is 0 Å². The molecule has 0 N–H and O–H groups in total. The second-order valence-electron chi connectivity index (χ2n) is 10.5. The van der Waals surface area contributed by atoms with Gasteiger partial charge in [0, 0.05) is 15.5 Å². The topological polar surface area (TPSA) is 0 Å². The third kappa shape index (κ3) is 3.12. The van der Waals surface area contributed by atoms with Crippen LogP contribution in [0.3, 0.4) is 0 Å². The lowest BCUT2D eigenvalue weighted by Gasteiger charge is -2.19. The highest BCUT2D eigenvalue weighted by molar-refractivity contribution is 7.30. The number of fused-ring (bicyclic) bond motifs is 8. The van der Waals surface area contributed by atoms with E-state index in [1.807, 2.05) is 22.7 Å². The Morgan fingerprint density at radius 3 is 1.85 bits per heavy atom. The largest absolute Gasteiger partial charge is 0.142 e. The zero-order chi connectivity index (χ0) is 26.2. The van der Waals surface area contributed by atoms with E-state index in [2.05, 4.69) is 133 Å². The predicted octanol–water partition coefficient (Wildman–Crippen LogP) is 12.1. The average molecular weight is 543 g/mol. The lowest BCUT2D eigenvalue weighted by atomic mass is 9.84. The lowest BCUT2D eigenvalue weighted by molar-refractivity contribution is 1.69. The van der Waals surface area contributed by atoms with Crippen LogP contribution in [0, 0.1) is 0 Å². The Balaban J connectivity index is 1.40. The van der Waals surface area contributed by atoms with Crippen LogP contribution in [0.15, 0.2) is 133 Å². The van der Waals surface area contributed by atoms with Crippen molar-refractivity contribution in [2.24, 2.45) is 0 Å². The van der Waals surface area contributed by atoms with Gasteiger partial charge in [-0.1, -0.05) is 109 Å². The van der Waals surface area contributed by atoms with Gasteiger partial charge in [0.05, 0.1) is 9.40 Å². The van der Waals surface area contributed by atoms with Crippen molar-refractivity contribution < 1.29 is 0 Å². The first-order valence-electron chi connectivity index (χ1n) is 13.6. The van der Waals surface area contributed by atoms with Crippen LogP contribution >= 0.6 is 22.7 Å². The van der Waals surface area contributed by atoms with Gasteiger partial charge in [-0.05, 0) is 83.5 Å². The zero-order valence-electron chi connectivity index (χ0n) is 21.5. The van der Waals surface area contributed by atoms with Crippen LogP contribution in [0.1, 0.15) is 0 Å². The van der Waals surface area contributed by atoms with Crippen LogP contribution < -0.4 is 0 Å². The van der Waals surface area contributed by atoms with Gasteiger partial charge in [0.25, 0.3) is 0 Å². The van der Waals surface area contributed by atoms with Crippen LogP contribution in [-0.2, 0) is 0 Å². The first-order valence-corrected chi connectivity index (χ1v) is 15.3. The van der Waals surface area contributed by atoms with E-state index < -0.39 is 0 Å². The molecular formula is C38H22S2. The molecule has 0 fully saturated rings. The Morgan fingerprint density at radius 1 is 0.400 bits per heavy atom. The fraction of sp³-hybridized carbons (Fsp3) is 0. The van der Waals surface area contributed by atoms with Gasteiger partial charge in [-0.25, -0.2) is 0 Å². The summed E-state index contributed by atoms with van der Waals surface area (Å²) in [4.78, 5) is 0. The Kier molecular flexibility index (Phi) is 4.74. The number of rotatable bonds is 2. The van der Waals surface area contributed by atoms with E-state index in [0.717, 1.165) is 0 Å². The Labute approximate surface area is 239 Å². The Morgan fingerprint density at radius 2 is 1.07 bits per heavy atom. The van der Waals surface area contributed by atoms with Crippen molar-refractivity contribution in [2.75, 3.05) is 0 Å². The molecule has 0 saturated carbocycles. The number of benzene rings is 7. The Hall–Kier alpha value is -4.50. The molecule has 0 unspecified atom stereocenters. The SMILES string of the molecule is c1ccc2c(-c3c4ccccc4c(-c4ccc5sc6c(ccc7ccsc76)c5c4)c4ccccc34)cccc2c1. The highest BCUT2D eigenvalue weighted by atomic mass is 32.1. The van der Waals surface area contributed by atoms with Crippen molar-refractivity contribution >= 4 is 85.2 Å². The standard InChI is InChI=1S/C38H22S2/c1-2-10-26-23(8-1)9-7-15-27(26)36-30-13-5-3-11-28(30)35(29-12-4-6-14-31(29)36)25-17-19-34-33(22-25)32-18-16-24-20-21-39-37(24)38(32)40-34/h1-22H. The maximum atomic E-state index is 2.43. The molecule has 0 atom stereocenters. The summed E-state index contributed by atoms with van der Waals surface area (Å²) in [7, 11) is 0. The predicted molar refractivity (Wildman–Crippen MR) is 178 cm³/mol. The molecule has 0 aliphatic carbocycles. The van der Waals surface area contributed by atoms with E-state index in [9.17, 15) is 0 Å². The van der Waals surface area contributed by atoms with Crippen LogP contribution in [0.5, 0.6) is 0 Å². The van der Waals surface area contributed by atoms with Crippen LogP contribution in [0.4, 0.5) is 0 Å². The minimum Gasteiger partial charge on any atom is -0.142 e. The summed E-state index contributed by atoms with van der Waals surface area (Å²) in [6.07, 6.45) is 0. The molecule has 2 heteroatoms. The van der Waals surface area contributed by atoms with E-state index in [1.165, 1.54) is 84.8 Å². The van der Waals surface area contributed by atoms with Crippen molar-refractivity contribution in [1.29, 1.82) is 0 Å². The summed E-state index contributed by atoms with van der Waals surface area (Å²) >= 11 is 3.77. The molecule has 40 heavy (non-hydrogen) atoms. The molecule has 2 aromatic heterocycles. The quantitative estimate of drug-likeness (QED) is 0.191. The maximum Gasteiger partial charge on any atom is 0.0533 e. The number of thiophene rings is 2. The summed E-state index contributed by atoms with van der Waals surface area (Å²) in [5, 5.41) is 14.0. The van der Waals surface area contributed by atoms with Crippen molar-refractivity contribution in [3.63, 3.8) is 0 Å². The summed E-state index contributed by atoms with van der Waals surface area (Å²) < 4.78 is 4.15. The summed E-state index contributed by atoms with van der Waals surface area (Å²) in [6.45, 7) is 0. The Bertz CT molecular complexity index is 2370. The smallest absolute Gasteiger partial charge is 0.0533 e. The van der Waals surface area contributed by atoms with Crippen LogP contribution in [0.25, 0.3) is 84.8 Å². The van der Waals surface area contributed by atoms with Gasteiger partial charge in [-0.2, -0.15) is 0 Å². The van der Waals surface area contributed by atoms with Crippen molar-refractivity contribution in [3.8, 4) is 22.3 Å². The van der Waals surface area contributed by atoms with Gasteiger partial charge in [0.2, 0.25) is 0 Å². The fourth-order valence-corrected chi connectivity index (χ4v) is 8.83. The first kappa shape index (κ1) is 22.3. The third-order valence-electron chi connectivity index (χ3n) is 8.34. The molecule has 9 rings (SSSR count). The minimum absolute atomic E-state index is 1.27. The molecule has 0 aliphatic rings. The number of hydrogen-bond acceptors (Lipinski definition) is 2. The minimum atomic E-state index is 1.27.